The van der Waals surface area contributed by atoms with Crippen LogP contribution < -0.4 is 14.9 Å². The summed E-state index contributed by atoms with van der Waals surface area (Å²) in [4.78, 5) is 24.6. The Kier molecular flexibility index (Phi) is 8.88. The van der Waals surface area contributed by atoms with Crippen molar-refractivity contribution in [3.8, 4) is 11.5 Å². The Labute approximate surface area is 209 Å². The number of hydrogen-bond acceptors (Lipinski definition) is 5. The largest absolute Gasteiger partial charge is 0.479 e. The Morgan fingerprint density at radius 1 is 1.06 bits per heavy atom. The average Bonchev–Trinajstić information content (AvgIpc) is 2.80. The quantitative estimate of drug-likeness (QED) is 0.155. The van der Waals surface area contributed by atoms with Crippen molar-refractivity contribution < 1.29 is 19.1 Å². The second kappa shape index (κ2) is 11.8. The van der Waals surface area contributed by atoms with Gasteiger partial charge in [-0.15, -0.1) is 0 Å². The molecule has 1 atom stereocenters. The van der Waals surface area contributed by atoms with Crippen LogP contribution in [0.15, 0.2) is 76.3 Å². The van der Waals surface area contributed by atoms with Gasteiger partial charge in [0.05, 0.1) is 16.8 Å². The maximum Gasteiger partial charge on any atom is 0.343 e. The van der Waals surface area contributed by atoms with E-state index in [2.05, 4.69) is 26.5 Å². The van der Waals surface area contributed by atoms with Gasteiger partial charge in [0.2, 0.25) is 0 Å². The zero-order chi connectivity index (χ0) is 23.8. The molecular weight excluding hydrogens is 531 g/mol. The van der Waals surface area contributed by atoms with E-state index >= 15 is 0 Å². The molecule has 0 aliphatic carbocycles. The number of esters is 1. The highest BCUT2D eigenvalue weighted by Crippen LogP contribution is 2.28. The summed E-state index contributed by atoms with van der Waals surface area (Å²) < 4.78 is 11.9. The second-order valence-corrected chi connectivity index (χ2v) is 8.55. The van der Waals surface area contributed by atoms with E-state index < -0.39 is 18.0 Å². The molecule has 0 fully saturated rings. The molecule has 0 unspecified atom stereocenters. The zero-order valence-corrected chi connectivity index (χ0v) is 20.5. The number of hydrazone groups is 1. The molecule has 0 aromatic heterocycles. The van der Waals surface area contributed by atoms with Crippen LogP contribution in [0.5, 0.6) is 11.5 Å². The maximum absolute atomic E-state index is 12.4. The minimum absolute atomic E-state index is 0.318. The number of nitrogens with zero attached hydrogens (tertiary/aromatic N) is 1. The summed E-state index contributed by atoms with van der Waals surface area (Å²) in [5.41, 5.74) is 3.60. The molecule has 0 spiro atoms. The number of benzene rings is 3. The number of halogens is 3. The minimum atomic E-state index is -0.777. The lowest BCUT2D eigenvalue weighted by Gasteiger charge is -2.16. The molecule has 3 rings (SSSR count). The predicted octanol–water partition coefficient (Wildman–Crippen LogP) is 6.28. The Morgan fingerprint density at radius 3 is 2.39 bits per heavy atom. The molecular formula is C24H19BrCl2N2O4. The first-order valence-corrected chi connectivity index (χ1v) is 11.4. The van der Waals surface area contributed by atoms with E-state index in [9.17, 15) is 9.59 Å². The molecule has 0 saturated carbocycles. The fourth-order valence-corrected chi connectivity index (χ4v) is 3.38. The molecule has 3 aromatic carbocycles. The van der Waals surface area contributed by atoms with Crippen LogP contribution in [-0.2, 0) is 4.79 Å². The highest BCUT2D eigenvalue weighted by atomic mass is 79.9. The highest BCUT2D eigenvalue weighted by molar-refractivity contribution is 9.10. The summed E-state index contributed by atoms with van der Waals surface area (Å²) in [6, 6.07) is 18.4. The van der Waals surface area contributed by atoms with Crippen LogP contribution in [0, 0.1) is 0 Å². The summed E-state index contributed by atoms with van der Waals surface area (Å²) in [5.74, 6) is -0.119. The van der Waals surface area contributed by atoms with Gasteiger partial charge >= 0.3 is 5.97 Å². The van der Waals surface area contributed by atoms with Crippen LogP contribution in [0.25, 0.3) is 0 Å². The standard InChI is InChI=1S/C24H19BrCl2N2O4/c1-2-21(33-22-12-9-18(26)13-20(22)27)23(30)29-28-14-15-3-10-19(11-4-15)32-24(31)16-5-7-17(25)8-6-16/h3-14,21H,2H2,1H3,(H,29,30)/b28-14-/t21-/m0/s1. The minimum Gasteiger partial charge on any atom is -0.479 e. The Morgan fingerprint density at radius 2 is 1.76 bits per heavy atom. The lowest BCUT2D eigenvalue weighted by Crippen LogP contribution is -2.35. The van der Waals surface area contributed by atoms with Gasteiger partial charge in [-0.25, -0.2) is 10.2 Å². The van der Waals surface area contributed by atoms with Crippen molar-refractivity contribution in [2.75, 3.05) is 0 Å². The molecule has 6 nitrogen and oxygen atoms in total. The number of carbonyl (C=O) groups is 2. The van der Waals surface area contributed by atoms with Crippen LogP contribution in [-0.4, -0.2) is 24.2 Å². The number of hydrogen-bond donors (Lipinski definition) is 1. The summed E-state index contributed by atoms with van der Waals surface area (Å²) in [6.45, 7) is 1.81. The van der Waals surface area contributed by atoms with E-state index in [1.807, 2.05) is 6.92 Å². The highest BCUT2D eigenvalue weighted by Gasteiger charge is 2.19. The molecule has 9 heteroatoms. The SMILES string of the molecule is CC[C@H](Oc1ccc(Cl)cc1Cl)C(=O)N/N=C\c1ccc(OC(=O)c2ccc(Br)cc2)cc1. The Hall–Kier alpha value is -2.87. The van der Waals surface area contributed by atoms with E-state index in [4.69, 9.17) is 32.7 Å². The predicted molar refractivity (Wildman–Crippen MR) is 132 cm³/mol. The third kappa shape index (κ3) is 7.32. The summed E-state index contributed by atoms with van der Waals surface area (Å²) in [5, 5.41) is 4.76. The van der Waals surface area contributed by atoms with Gasteiger partial charge in [-0.2, -0.15) is 5.10 Å². The molecule has 0 bridgehead atoms. The zero-order valence-electron chi connectivity index (χ0n) is 17.4. The maximum atomic E-state index is 12.4. The monoisotopic (exact) mass is 548 g/mol. The van der Waals surface area contributed by atoms with Gasteiger partial charge in [0.25, 0.3) is 5.91 Å². The molecule has 0 aliphatic heterocycles. The van der Waals surface area contributed by atoms with Crippen molar-refractivity contribution in [3.63, 3.8) is 0 Å². The number of nitrogens with one attached hydrogen (secondary N) is 1. The third-order valence-electron chi connectivity index (χ3n) is 4.39. The molecule has 0 heterocycles. The summed E-state index contributed by atoms with van der Waals surface area (Å²) >= 11 is 15.3. The van der Waals surface area contributed by atoms with Gasteiger partial charge in [-0.3, -0.25) is 4.79 Å². The van der Waals surface area contributed by atoms with Crippen LogP contribution in [0.3, 0.4) is 0 Å². The van der Waals surface area contributed by atoms with Crippen LogP contribution >= 0.6 is 39.1 Å². The normalized spacial score (nSPS) is 11.8. The summed E-state index contributed by atoms with van der Waals surface area (Å²) in [7, 11) is 0. The van der Waals surface area contributed by atoms with E-state index in [1.54, 1.807) is 66.7 Å². The van der Waals surface area contributed by atoms with Gasteiger partial charge in [-0.1, -0.05) is 46.1 Å². The second-order valence-electron chi connectivity index (χ2n) is 6.79. The topological polar surface area (TPSA) is 77.0 Å². The molecule has 3 aromatic rings. The first-order chi connectivity index (χ1) is 15.9. The first kappa shape index (κ1) is 24.8. The van der Waals surface area contributed by atoms with Crippen molar-refractivity contribution >= 4 is 57.2 Å². The van der Waals surface area contributed by atoms with Crippen molar-refractivity contribution in [2.24, 2.45) is 5.10 Å². The van der Waals surface area contributed by atoms with E-state index in [0.717, 1.165) is 4.47 Å². The van der Waals surface area contributed by atoms with E-state index in [1.165, 1.54) is 6.21 Å². The van der Waals surface area contributed by atoms with Gasteiger partial charge in [0.1, 0.15) is 11.5 Å². The fourth-order valence-electron chi connectivity index (χ4n) is 2.66. The number of carbonyl (C=O) groups excluding carboxylic acids is 2. The molecule has 0 radical (unpaired) electrons. The van der Waals surface area contributed by atoms with Gasteiger partial charge < -0.3 is 9.47 Å². The van der Waals surface area contributed by atoms with Crippen LogP contribution in [0.4, 0.5) is 0 Å². The fraction of sp³-hybridized carbons (Fsp3) is 0.125. The molecule has 1 amide bonds. The van der Waals surface area contributed by atoms with E-state index in [0.29, 0.717) is 39.1 Å². The lowest BCUT2D eigenvalue weighted by molar-refractivity contribution is -0.128. The Bertz CT molecular complexity index is 1150. The molecule has 0 saturated heterocycles. The van der Waals surface area contributed by atoms with Crippen molar-refractivity contribution in [2.45, 2.75) is 19.4 Å². The Balaban J connectivity index is 1.54. The van der Waals surface area contributed by atoms with Crippen LogP contribution in [0.1, 0.15) is 29.3 Å². The third-order valence-corrected chi connectivity index (χ3v) is 5.44. The van der Waals surface area contributed by atoms with E-state index in [-0.39, 0.29) is 0 Å². The molecule has 0 aliphatic rings. The smallest absolute Gasteiger partial charge is 0.343 e. The molecule has 33 heavy (non-hydrogen) atoms. The first-order valence-electron chi connectivity index (χ1n) is 9.88. The molecule has 170 valence electrons. The average molecular weight is 550 g/mol. The van der Waals surface area contributed by atoms with Crippen molar-refractivity contribution in [1.82, 2.24) is 5.43 Å². The number of ether oxygens (including phenoxy) is 2. The van der Waals surface area contributed by atoms with Crippen LogP contribution in [0.2, 0.25) is 10.0 Å². The summed E-state index contributed by atoms with van der Waals surface area (Å²) in [6.07, 6.45) is 1.11. The molecule has 1 N–H and O–H groups in total. The number of amides is 1. The van der Waals surface area contributed by atoms with Crippen molar-refractivity contribution in [1.29, 1.82) is 0 Å². The van der Waals surface area contributed by atoms with Gasteiger partial charge in [0.15, 0.2) is 6.10 Å². The van der Waals surface area contributed by atoms with Gasteiger partial charge in [0, 0.05) is 9.50 Å². The van der Waals surface area contributed by atoms with Crippen molar-refractivity contribution in [3.05, 3.63) is 92.4 Å². The number of rotatable bonds is 8. The van der Waals surface area contributed by atoms with Gasteiger partial charge in [-0.05, 0) is 78.7 Å². The lowest BCUT2D eigenvalue weighted by atomic mass is 10.2.